The highest BCUT2D eigenvalue weighted by Crippen LogP contribution is 2.24. The fraction of sp³-hybridized carbons (Fsp3) is 0.300. The van der Waals surface area contributed by atoms with Crippen molar-refractivity contribution in [2.75, 3.05) is 18.9 Å². The Hall–Kier alpha value is -2.66. The van der Waals surface area contributed by atoms with Gasteiger partial charge in [-0.15, -0.1) is 0 Å². The molecule has 0 aliphatic carbocycles. The van der Waals surface area contributed by atoms with Crippen LogP contribution in [0.1, 0.15) is 24.5 Å². The molecule has 5 heteroatoms. The fourth-order valence-corrected chi connectivity index (χ4v) is 2.47. The van der Waals surface area contributed by atoms with Crippen LogP contribution >= 0.6 is 0 Å². The van der Waals surface area contributed by atoms with E-state index in [4.69, 9.17) is 0 Å². The van der Waals surface area contributed by atoms with Crippen LogP contribution in [-0.4, -0.2) is 35.4 Å². The number of rotatable bonds is 6. The molecule has 0 saturated heterocycles. The van der Waals surface area contributed by atoms with E-state index in [-0.39, 0.29) is 24.8 Å². The minimum atomic E-state index is -1.28. The van der Waals surface area contributed by atoms with Crippen LogP contribution in [0.3, 0.4) is 0 Å². The van der Waals surface area contributed by atoms with Crippen LogP contribution in [0.15, 0.2) is 54.6 Å². The number of hydrogen-bond donors (Lipinski definition) is 2. The number of anilines is 1. The van der Waals surface area contributed by atoms with Crippen molar-refractivity contribution in [2.24, 2.45) is 0 Å². The van der Waals surface area contributed by atoms with Crippen LogP contribution in [0.4, 0.5) is 5.69 Å². The molecule has 5 nitrogen and oxygen atoms in total. The lowest BCUT2D eigenvalue weighted by molar-refractivity contribution is -0.137. The fourth-order valence-electron chi connectivity index (χ4n) is 2.47. The van der Waals surface area contributed by atoms with Gasteiger partial charge < -0.3 is 15.3 Å². The third-order valence-electron chi connectivity index (χ3n) is 4.03. The molecule has 0 spiro atoms. The molecule has 0 radical (unpaired) electrons. The number of benzene rings is 2. The zero-order valence-corrected chi connectivity index (χ0v) is 14.8. The zero-order chi connectivity index (χ0) is 18.4. The van der Waals surface area contributed by atoms with Crippen LogP contribution in [-0.2, 0) is 15.2 Å². The van der Waals surface area contributed by atoms with Gasteiger partial charge in [-0.1, -0.05) is 48.0 Å². The lowest BCUT2D eigenvalue weighted by Gasteiger charge is -2.26. The summed E-state index contributed by atoms with van der Waals surface area (Å²) in [5, 5.41) is 13.3. The lowest BCUT2D eigenvalue weighted by atomic mass is 9.92. The van der Waals surface area contributed by atoms with Crippen LogP contribution in [0.25, 0.3) is 0 Å². The number of carbonyl (C=O) groups is 2. The molecule has 2 N–H and O–H groups in total. The second-order valence-corrected chi connectivity index (χ2v) is 6.48. The molecule has 25 heavy (non-hydrogen) atoms. The van der Waals surface area contributed by atoms with Crippen LogP contribution in [0, 0.1) is 6.92 Å². The van der Waals surface area contributed by atoms with Crippen LogP contribution in [0.5, 0.6) is 0 Å². The van der Waals surface area contributed by atoms with Crippen molar-refractivity contribution in [2.45, 2.75) is 25.9 Å². The molecule has 0 saturated carbocycles. The van der Waals surface area contributed by atoms with Gasteiger partial charge in [0.25, 0.3) is 0 Å². The highest BCUT2D eigenvalue weighted by molar-refractivity contribution is 5.94. The molecule has 132 valence electrons. The lowest BCUT2D eigenvalue weighted by Crippen LogP contribution is -2.38. The van der Waals surface area contributed by atoms with E-state index in [0.717, 1.165) is 5.56 Å². The average molecular weight is 340 g/mol. The summed E-state index contributed by atoms with van der Waals surface area (Å²) in [4.78, 5) is 25.8. The van der Waals surface area contributed by atoms with Gasteiger partial charge in [0, 0.05) is 12.7 Å². The first-order valence-electron chi connectivity index (χ1n) is 8.16. The van der Waals surface area contributed by atoms with Gasteiger partial charge in [-0.05, 0) is 31.5 Å². The smallest absolute Gasteiger partial charge is 0.243 e. The Morgan fingerprint density at radius 1 is 1.08 bits per heavy atom. The number of likely N-dealkylation sites (N-methyl/N-ethyl adjacent to an activating group) is 1. The third-order valence-corrected chi connectivity index (χ3v) is 4.03. The number of carbonyl (C=O) groups excluding carboxylic acids is 2. The number of aliphatic hydroxyl groups is 1. The first-order chi connectivity index (χ1) is 11.8. The van der Waals surface area contributed by atoms with Crippen molar-refractivity contribution >= 4 is 17.5 Å². The Bertz CT molecular complexity index is 724. The van der Waals surface area contributed by atoms with E-state index < -0.39 is 5.60 Å². The maximum atomic E-state index is 12.4. The van der Waals surface area contributed by atoms with Crippen molar-refractivity contribution in [3.05, 3.63) is 65.7 Å². The number of nitrogens with zero attached hydrogens (tertiary/aromatic N) is 1. The predicted molar refractivity (Wildman–Crippen MR) is 98.1 cm³/mol. The predicted octanol–water partition coefficient (Wildman–Crippen LogP) is 2.69. The van der Waals surface area contributed by atoms with Crippen molar-refractivity contribution in [3.63, 3.8) is 0 Å². The SMILES string of the molecule is Cc1ccc(NC(=O)CN(C)C(=O)CC(C)(O)c2ccccc2)cc1. The van der Waals surface area contributed by atoms with Gasteiger partial charge >= 0.3 is 0 Å². The zero-order valence-electron chi connectivity index (χ0n) is 14.8. The summed E-state index contributed by atoms with van der Waals surface area (Å²) in [5.74, 6) is -0.577. The van der Waals surface area contributed by atoms with Gasteiger partial charge in [-0.25, -0.2) is 0 Å². The maximum absolute atomic E-state index is 12.4. The average Bonchev–Trinajstić information content (AvgIpc) is 2.57. The van der Waals surface area contributed by atoms with Gasteiger partial charge in [-0.3, -0.25) is 9.59 Å². The van der Waals surface area contributed by atoms with E-state index in [1.54, 1.807) is 26.1 Å². The molecule has 0 fully saturated rings. The van der Waals surface area contributed by atoms with E-state index in [1.165, 1.54) is 4.90 Å². The first kappa shape index (κ1) is 18.7. The number of aryl methyl sites for hydroxylation is 1. The maximum Gasteiger partial charge on any atom is 0.243 e. The van der Waals surface area contributed by atoms with Gasteiger partial charge in [0.15, 0.2) is 0 Å². The Morgan fingerprint density at radius 2 is 1.68 bits per heavy atom. The molecule has 2 amide bonds. The molecule has 1 atom stereocenters. The second-order valence-electron chi connectivity index (χ2n) is 6.48. The quantitative estimate of drug-likeness (QED) is 0.849. The van der Waals surface area contributed by atoms with Gasteiger partial charge in [0.1, 0.15) is 0 Å². The Labute approximate surface area is 148 Å². The molecule has 1 unspecified atom stereocenters. The minimum absolute atomic E-state index is 0.0718. The molecule has 0 aromatic heterocycles. The summed E-state index contributed by atoms with van der Waals surface area (Å²) in [6, 6.07) is 16.5. The number of amides is 2. The second kappa shape index (κ2) is 7.94. The normalized spacial score (nSPS) is 13.0. The Morgan fingerprint density at radius 3 is 2.28 bits per heavy atom. The van der Waals surface area contributed by atoms with Crippen molar-refractivity contribution in [1.29, 1.82) is 0 Å². The molecular formula is C20H24N2O3. The molecular weight excluding hydrogens is 316 g/mol. The summed E-state index contributed by atoms with van der Waals surface area (Å²) in [5.41, 5.74) is 1.18. The topological polar surface area (TPSA) is 69.6 Å². The van der Waals surface area contributed by atoms with Gasteiger partial charge in [-0.2, -0.15) is 0 Å². The van der Waals surface area contributed by atoms with Gasteiger partial charge in [0.2, 0.25) is 11.8 Å². The standard InChI is InChI=1S/C20H24N2O3/c1-15-9-11-17(12-10-15)21-18(23)14-22(3)19(24)13-20(2,25)16-7-5-4-6-8-16/h4-12,25H,13-14H2,1-3H3,(H,21,23). The summed E-state index contributed by atoms with van der Waals surface area (Å²) in [7, 11) is 1.55. The van der Waals surface area contributed by atoms with E-state index in [2.05, 4.69) is 5.32 Å². The third kappa shape index (κ3) is 5.43. The van der Waals surface area contributed by atoms with Crippen molar-refractivity contribution in [1.82, 2.24) is 4.90 Å². The molecule has 2 rings (SSSR count). The van der Waals surface area contributed by atoms with E-state index >= 15 is 0 Å². The summed E-state index contributed by atoms with van der Waals surface area (Å²) in [6.07, 6.45) is -0.0919. The number of nitrogens with one attached hydrogen (secondary N) is 1. The van der Waals surface area contributed by atoms with E-state index in [9.17, 15) is 14.7 Å². The van der Waals surface area contributed by atoms with E-state index in [1.807, 2.05) is 49.4 Å². The molecule has 0 heterocycles. The number of hydrogen-bond acceptors (Lipinski definition) is 3. The summed E-state index contributed by atoms with van der Waals surface area (Å²) in [6.45, 7) is 3.49. The molecule has 2 aromatic carbocycles. The van der Waals surface area contributed by atoms with Gasteiger partial charge in [0.05, 0.1) is 18.6 Å². The van der Waals surface area contributed by atoms with E-state index in [0.29, 0.717) is 11.3 Å². The van der Waals surface area contributed by atoms with Crippen LogP contribution < -0.4 is 5.32 Å². The van der Waals surface area contributed by atoms with Crippen molar-refractivity contribution in [3.8, 4) is 0 Å². The van der Waals surface area contributed by atoms with Crippen molar-refractivity contribution < 1.29 is 14.7 Å². The molecule has 2 aromatic rings. The highest BCUT2D eigenvalue weighted by atomic mass is 16.3. The summed E-state index contributed by atoms with van der Waals surface area (Å²) >= 11 is 0. The monoisotopic (exact) mass is 340 g/mol. The molecule has 0 aliphatic rings. The highest BCUT2D eigenvalue weighted by Gasteiger charge is 2.28. The molecule has 0 bridgehead atoms. The van der Waals surface area contributed by atoms with Crippen LogP contribution in [0.2, 0.25) is 0 Å². The molecule has 0 aliphatic heterocycles. The summed E-state index contributed by atoms with van der Waals surface area (Å²) < 4.78 is 0. The first-order valence-corrected chi connectivity index (χ1v) is 8.16. The Balaban J connectivity index is 1.91. The Kier molecular flexibility index (Phi) is 5.93. The minimum Gasteiger partial charge on any atom is -0.385 e. The largest absolute Gasteiger partial charge is 0.385 e.